The highest BCUT2D eigenvalue weighted by Crippen LogP contribution is 2.23. The third kappa shape index (κ3) is 2.40. The van der Waals surface area contributed by atoms with Gasteiger partial charge >= 0.3 is 0 Å². The number of nitrogens with one attached hydrogen (secondary N) is 1. The minimum Gasteiger partial charge on any atom is -0.398 e. The molecule has 0 aliphatic heterocycles. The van der Waals surface area contributed by atoms with E-state index in [1.807, 2.05) is 11.4 Å². The number of rotatable bonds is 3. The fourth-order valence-corrected chi connectivity index (χ4v) is 2.09. The van der Waals surface area contributed by atoms with E-state index in [9.17, 15) is 0 Å². The van der Waals surface area contributed by atoms with E-state index in [1.54, 1.807) is 29.8 Å². The predicted molar refractivity (Wildman–Crippen MR) is 65.3 cm³/mol. The van der Waals surface area contributed by atoms with Gasteiger partial charge in [0.25, 0.3) is 0 Å². The molecule has 0 bridgehead atoms. The summed E-state index contributed by atoms with van der Waals surface area (Å²) >= 11 is 7.60. The largest absolute Gasteiger partial charge is 0.398 e. The van der Waals surface area contributed by atoms with Gasteiger partial charge in [-0.1, -0.05) is 11.6 Å². The van der Waals surface area contributed by atoms with Crippen LogP contribution in [0.4, 0.5) is 11.4 Å². The van der Waals surface area contributed by atoms with Gasteiger partial charge in [-0.25, -0.2) is 0 Å². The molecule has 0 aliphatic carbocycles. The van der Waals surface area contributed by atoms with Crippen molar-refractivity contribution in [2.45, 2.75) is 6.54 Å². The summed E-state index contributed by atoms with van der Waals surface area (Å²) < 4.78 is 0. The Bertz CT molecular complexity index is 455. The van der Waals surface area contributed by atoms with E-state index in [0.717, 1.165) is 16.3 Å². The van der Waals surface area contributed by atoms with Gasteiger partial charge in [-0.3, -0.25) is 4.98 Å². The van der Waals surface area contributed by atoms with Crippen LogP contribution >= 0.6 is 22.9 Å². The van der Waals surface area contributed by atoms with Gasteiger partial charge in [-0.2, -0.15) is 0 Å². The molecule has 0 saturated heterocycles. The minimum atomic E-state index is 0.667. The lowest BCUT2D eigenvalue weighted by molar-refractivity contribution is 1.18. The molecule has 0 saturated carbocycles. The first kappa shape index (κ1) is 10.3. The number of hydrogen-bond donors (Lipinski definition) is 2. The standard InChI is InChI=1S/C10H10ClN3S/c11-7-1-3-13-5-9(7)14-6-10-8(12)2-4-15-10/h1-5,14H,6,12H2. The van der Waals surface area contributed by atoms with E-state index in [4.69, 9.17) is 17.3 Å². The number of nitrogens with two attached hydrogens (primary N) is 1. The average Bonchev–Trinajstić information content (AvgIpc) is 2.63. The van der Waals surface area contributed by atoms with Gasteiger partial charge in [0.05, 0.1) is 23.5 Å². The predicted octanol–water partition coefficient (Wildman–Crippen LogP) is 2.99. The second-order valence-corrected chi connectivity index (χ2v) is 4.42. The summed E-state index contributed by atoms with van der Waals surface area (Å²) in [6.45, 7) is 0.676. The third-order valence-electron chi connectivity index (χ3n) is 1.99. The lowest BCUT2D eigenvalue weighted by Crippen LogP contribution is -2.00. The molecule has 0 unspecified atom stereocenters. The molecular weight excluding hydrogens is 230 g/mol. The molecule has 0 atom stereocenters. The molecule has 0 fully saturated rings. The van der Waals surface area contributed by atoms with Crippen LogP contribution in [0.15, 0.2) is 29.9 Å². The van der Waals surface area contributed by atoms with Crippen molar-refractivity contribution in [2.24, 2.45) is 0 Å². The summed E-state index contributed by atoms with van der Waals surface area (Å²) in [5.74, 6) is 0. The minimum absolute atomic E-state index is 0.667. The molecule has 0 spiro atoms. The van der Waals surface area contributed by atoms with Crippen molar-refractivity contribution in [2.75, 3.05) is 11.1 Å². The van der Waals surface area contributed by atoms with Crippen LogP contribution in [0.2, 0.25) is 5.02 Å². The Balaban J connectivity index is 2.06. The summed E-state index contributed by atoms with van der Waals surface area (Å²) in [6.07, 6.45) is 3.36. The maximum absolute atomic E-state index is 5.97. The van der Waals surface area contributed by atoms with Gasteiger partial charge in [-0.05, 0) is 17.5 Å². The molecule has 0 aliphatic rings. The van der Waals surface area contributed by atoms with Crippen molar-refractivity contribution >= 4 is 34.3 Å². The number of aromatic nitrogens is 1. The number of nitrogens with zero attached hydrogens (tertiary/aromatic N) is 1. The van der Waals surface area contributed by atoms with E-state index < -0.39 is 0 Å². The zero-order chi connectivity index (χ0) is 10.7. The van der Waals surface area contributed by atoms with Crippen molar-refractivity contribution in [3.8, 4) is 0 Å². The van der Waals surface area contributed by atoms with E-state index in [0.29, 0.717) is 11.6 Å². The third-order valence-corrected chi connectivity index (χ3v) is 3.25. The quantitative estimate of drug-likeness (QED) is 0.866. The van der Waals surface area contributed by atoms with Crippen LogP contribution in [0.5, 0.6) is 0 Å². The Morgan fingerprint density at radius 2 is 2.33 bits per heavy atom. The molecule has 2 aromatic heterocycles. The summed E-state index contributed by atoms with van der Waals surface area (Å²) in [7, 11) is 0. The van der Waals surface area contributed by atoms with Gasteiger partial charge in [0.2, 0.25) is 0 Å². The van der Waals surface area contributed by atoms with Crippen LogP contribution in [0.1, 0.15) is 4.88 Å². The van der Waals surface area contributed by atoms with Crippen LogP contribution in [0, 0.1) is 0 Å². The number of thiophene rings is 1. The van der Waals surface area contributed by atoms with Crippen molar-refractivity contribution in [1.29, 1.82) is 0 Å². The zero-order valence-electron chi connectivity index (χ0n) is 7.90. The van der Waals surface area contributed by atoms with Gasteiger partial charge in [-0.15, -0.1) is 11.3 Å². The van der Waals surface area contributed by atoms with E-state index >= 15 is 0 Å². The maximum atomic E-state index is 5.97. The molecule has 5 heteroatoms. The molecule has 2 aromatic rings. The Kier molecular flexibility index (Phi) is 3.08. The van der Waals surface area contributed by atoms with Crippen LogP contribution in [-0.2, 0) is 6.54 Å². The first-order valence-electron chi connectivity index (χ1n) is 4.42. The van der Waals surface area contributed by atoms with Crippen LogP contribution < -0.4 is 11.1 Å². The zero-order valence-corrected chi connectivity index (χ0v) is 9.48. The normalized spacial score (nSPS) is 10.2. The second-order valence-electron chi connectivity index (χ2n) is 3.01. The highest BCUT2D eigenvalue weighted by molar-refractivity contribution is 7.10. The van der Waals surface area contributed by atoms with Crippen LogP contribution in [0.25, 0.3) is 0 Å². The van der Waals surface area contributed by atoms with Crippen molar-refractivity contribution in [1.82, 2.24) is 4.98 Å². The Hall–Kier alpha value is -1.26. The number of anilines is 2. The first-order valence-corrected chi connectivity index (χ1v) is 5.68. The van der Waals surface area contributed by atoms with E-state index in [2.05, 4.69) is 10.3 Å². The number of hydrogen-bond acceptors (Lipinski definition) is 4. The average molecular weight is 240 g/mol. The smallest absolute Gasteiger partial charge is 0.0718 e. The highest BCUT2D eigenvalue weighted by atomic mass is 35.5. The topological polar surface area (TPSA) is 50.9 Å². The molecule has 0 aromatic carbocycles. The van der Waals surface area contributed by atoms with E-state index in [-0.39, 0.29) is 0 Å². The number of halogens is 1. The Morgan fingerprint density at radius 3 is 3.00 bits per heavy atom. The number of pyridine rings is 1. The molecule has 2 heterocycles. The van der Waals surface area contributed by atoms with Gasteiger partial charge < -0.3 is 11.1 Å². The van der Waals surface area contributed by atoms with Crippen molar-refractivity contribution < 1.29 is 0 Å². The van der Waals surface area contributed by atoms with Crippen LogP contribution in [0.3, 0.4) is 0 Å². The first-order chi connectivity index (χ1) is 7.27. The maximum Gasteiger partial charge on any atom is 0.0718 e. The molecular formula is C10H10ClN3S. The monoisotopic (exact) mass is 239 g/mol. The lowest BCUT2D eigenvalue weighted by atomic mass is 10.3. The summed E-state index contributed by atoms with van der Waals surface area (Å²) in [4.78, 5) is 5.10. The molecule has 3 nitrogen and oxygen atoms in total. The molecule has 2 rings (SSSR count). The molecule has 3 N–H and O–H groups in total. The Morgan fingerprint density at radius 1 is 1.47 bits per heavy atom. The van der Waals surface area contributed by atoms with Gasteiger partial charge in [0, 0.05) is 16.8 Å². The van der Waals surface area contributed by atoms with E-state index in [1.165, 1.54) is 0 Å². The van der Waals surface area contributed by atoms with Gasteiger partial charge in [0.15, 0.2) is 0 Å². The molecule has 0 amide bonds. The second kappa shape index (κ2) is 4.51. The van der Waals surface area contributed by atoms with Crippen molar-refractivity contribution in [3.05, 3.63) is 39.8 Å². The summed E-state index contributed by atoms with van der Waals surface area (Å²) in [5, 5.41) is 5.83. The number of nitrogen functional groups attached to an aromatic ring is 1. The van der Waals surface area contributed by atoms with Crippen LogP contribution in [-0.4, -0.2) is 4.98 Å². The summed E-state index contributed by atoms with van der Waals surface area (Å²) in [6, 6.07) is 3.65. The molecule has 78 valence electrons. The fraction of sp³-hybridized carbons (Fsp3) is 0.100. The SMILES string of the molecule is Nc1ccsc1CNc1cnccc1Cl. The Labute approximate surface area is 96.9 Å². The highest BCUT2D eigenvalue weighted by Gasteiger charge is 2.02. The summed E-state index contributed by atoms with van der Waals surface area (Å²) in [5.41, 5.74) is 7.40. The van der Waals surface area contributed by atoms with Gasteiger partial charge in [0.1, 0.15) is 0 Å². The molecule has 0 radical (unpaired) electrons. The van der Waals surface area contributed by atoms with Crippen molar-refractivity contribution in [3.63, 3.8) is 0 Å². The fourth-order valence-electron chi connectivity index (χ4n) is 1.18. The lowest BCUT2D eigenvalue weighted by Gasteiger charge is -2.06. The molecule has 15 heavy (non-hydrogen) atoms.